The van der Waals surface area contributed by atoms with Crippen LogP contribution in [0, 0.1) is 0 Å². The molecule has 1 amide bonds. The summed E-state index contributed by atoms with van der Waals surface area (Å²) >= 11 is 0. The van der Waals surface area contributed by atoms with E-state index >= 15 is 0 Å². The van der Waals surface area contributed by atoms with E-state index in [9.17, 15) is 24.3 Å². The molecular weight excluding hydrogens is 422 g/mol. The molecule has 0 fully saturated rings. The van der Waals surface area contributed by atoms with Crippen molar-refractivity contribution in [2.75, 3.05) is 0 Å². The number of aliphatic carboxylic acids is 1. The van der Waals surface area contributed by atoms with Crippen molar-refractivity contribution in [2.24, 2.45) is 7.05 Å². The lowest BCUT2D eigenvalue weighted by Crippen LogP contribution is -2.42. The van der Waals surface area contributed by atoms with E-state index in [1.807, 2.05) is 0 Å². The lowest BCUT2D eigenvalue weighted by atomic mass is 9.97. The SMILES string of the molecule is Cn1ccc(=O)n(-c2cccc3c(C[C@H](NC(=O)c4ccccc4)C(=O)O)cccc23)c1=O. The van der Waals surface area contributed by atoms with Crippen LogP contribution in [0.1, 0.15) is 15.9 Å². The van der Waals surface area contributed by atoms with Gasteiger partial charge in [0.05, 0.1) is 5.69 Å². The van der Waals surface area contributed by atoms with Crippen LogP contribution in [0.3, 0.4) is 0 Å². The number of nitrogens with one attached hydrogen (secondary N) is 1. The number of carbonyl (C=O) groups is 2. The Labute approximate surface area is 188 Å². The van der Waals surface area contributed by atoms with Gasteiger partial charge in [-0.15, -0.1) is 0 Å². The van der Waals surface area contributed by atoms with Crippen molar-refractivity contribution in [3.8, 4) is 5.69 Å². The van der Waals surface area contributed by atoms with E-state index in [0.29, 0.717) is 27.6 Å². The molecule has 4 rings (SSSR count). The monoisotopic (exact) mass is 443 g/mol. The third-order valence-electron chi connectivity index (χ3n) is 5.45. The van der Waals surface area contributed by atoms with Crippen LogP contribution in [0.2, 0.25) is 0 Å². The largest absolute Gasteiger partial charge is 0.480 e. The van der Waals surface area contributed by atoms with Crippen LogP contribution in [-0.2, 0) is 18.3 Å². The molecule has 4 aromatic rings. The number of hydrogen-bond acceptors (Lipinski definition) is 4. The highest BCUT2D eigenvalue weighted by Crippen LogP contribution is 2.25. The number of carboxylic acids is 1. The Morgan fingerprint density at radius 2 is 1.61 bits per heavy atom. The number of nitrogens with zero attached hydrogens (tertiary/aromatic N) is 2. The molecule has 0 saturated carbocycles. The Hall–Kier alpha value is -4.46. The maximum atomic E-state index is 12.6. The number of fused-ring (bicyclic) bond motifs is 1. The number of amides is 1. The van der Waals surface area contributed by atoms with Gasteiger partial charge in [-0.25, -0.2) is 14.2 Å². The summed E-state index contributed by atoms with van der Waals surface area (Å²) in [5.74, 6) is -1.65. The number of hydrogen-bond donors (Lipinski definition) is 2. The third-order valence-corrected chi connectivity index (χ3v) is 5.45. The minimum Gasteiger partial charge on any atom is -0.480 e. The van der Waals surface area contributed by atoms with Gasteiger partial charge in [0, 0.05) is 36.7 Å². The molecule has 0 spiro atoms. The van der Waals surface area contributed by atoms with E-state index in [4.69, 9.17) is 0 Å². The maximum absolute atomic E-state index is 12.6. The van der Waals surface area contributed by atoms with Crippen LogP contribution in [0.25, 0.3) is 16.5 Å². The van der Waals surface area contributed by atoms with Gasteiger partial charge in [0.2, 0.25) is 0 Å². The van der Waals surface area contributed by atoms with Gasteiger partial charge < -0.3 is 15.0 Å². The molecule has 0 radical (unpaired) electrons. The van der Waals surface area contributed by atoms with Crippen molar-refractivity contribution in [2.45, 2.75) is 12.5 Å². The molecule has 1 atom stereocenters. The molecule has 166 valence electrons. The highest BCUT2D eigenvalue weighted by atomic mass is 16.4. The Kier molecular flexibility index (Phi) is 5.91. The van der Waals surface area contributed by atoms with Gasteiger partial charge >= 0.3 is 11.7 Å². The zero-order valence-corrected chi connectivity index (χ0v) is 17.8. The minimum absolute atomic E-state index is 0.0242. The van der Waals surface area contributed by atoms with Crippen molar-refractivity contribution in [3.05, 3.63) is 111 Å². The van der Waals surface area contributed by atoms with Crippen LogP contribution < -0.4 is 16.6 Å². The van der Waals surface area contributed by atoms with Crippen molar-refractivity contribution in [1.82, 2.24) is 14.5 Å². The summed E-state index contributed by atoms with van der Waals surface area (Å²) in [6.07, 6.45) is 1.43. The second-order valence-electron chi connectivity index (χ2n) is 7.61. The lowest BCUT2D eigenvalue weighted by molar-refractivity contribution is -0.139. The lowest BCUT2D eigenvalue weighted by Gasteiger charge is -2.17. The van der Waals surface area contributed by atoms with Crippen LogP contribution >= 0.6 is 0 Å². The zero-order valence-electron chi connectivity index (χ0n) is 17.8. The van der Waals surface area contributed by atoms with Crippen LogP contribution in [0.5, 0.6) is 0 Å². The molecule has 0 saturated heterocycles. The first kappa shape index (κ1) is 21.8. The summed E-state index contributed by atoms with van der Waals surface area (Å²) in [6, 6.07) is 19.0. The molecule has 1 aromatic heterocycles. The predicted octanol–water partition coefficient (Wildman–Crippen LogP) is 2.12. The highest BCUT2D eigenvalue weighted by Gasteiger charge is 2.22. The standard InChI is InChI=1S/C25H21N3O5/c1-27-14-13-22(29)28(25(27)33)21-12-6-10-18-17(9-5-11-19(18)21)15-20(24(31)32)26-23(30)16-7-3-2-4-8-16/h2-14,20H,15H2,1H3,(H,26,30)(H,31,32)/t20-/m0/s1. The highest BCUT2D eigenvalue weighted by molar-refractivity contribution is 5.97. The average Bonchev–Trinajstić information content (AvgIpc) is 2.82. The Bertz CT molecular complexity index is 1470. The van der Waals surface area contributed by atoms with Gasteiger partial charge in [-0.3, -0.25) is 9.59 Å². The van der Waals surface area contributed by atoms with E-state index in [-0.39, 0.29) is 6.42 Å². The first-order valence-electron chi connectivity index (χ1n) is 10.2. The Balaban J connectivity index is 1.75. The number of carbonyl (C=O) groups excluding carboxylic acids is 1. The van der Waals surface area contributed by atoms with Crippen LogP contribution in [-0.4, -0.2) is 32.2 Å². The molecule has 33 heavy (non-hydrogen) atoms. The Morgan fingerprint density at radius 3 is 2.33 bits per heavy atom. The number of rotatable bonds is 6. The van der Waals surface area contributed by atoms with E-state index in [1.54, 1.807) is 73.8 Å². The van der Waals surface area contributed by atoms with Gasteiger partial charge in [-0.2, -0.15) is 0 Å². The summed E-state index contributed by atoms with van der Waals surface area (Å²) in [4.78, 5) is 49.5. The Morgan fingerprint density at radius 1 is 0.909 bits per heavy atom. The smallest absolute Gasteiger partial charge is 0.335 e. The number of aromatic nitrogens is 2. The van der Waals surface area contributed by atoms with Crippen molar-refractivity contribution in [3.63, 3.8) is 0 Å². The van der Waals surface area contributed by atoms with Crippen molar-refractivity contribution < 1.29 is 14.7 Å². The fourth-order valence-corrected chi connectivity index (χ4v) is 3.77. The second-order valence-corrected chi connectivity index (χ2v) is 7.61. The molecule has 0 aliphatic carbocycles. The van der Waals surface area contributed by atoms with Gasteiger partial charge in [-0.05, 0) is 29.1 Å². The van der Waals surface area contributed by atoms with E-state index in [1.165, 1.54) is 16.8 Å². The minimum atomic E-state index is -1.17. The summed E-state index contributed by atoms with van der Waals surface area (Å²) in [7, 11) is 1.56. The summed E-state index contributed by atoms with van der Waals surface area (Å²) in [5, 5.41) is 13.6. The molecule has 8 heteroatoms. The maximum Gasteiger partial charge on any atom is 0.335 e. The van der Waals surface area contributed by atoms with Gasteiger partial charge in [0.15, 0.2) is 0 Å². The van der Waals surface area contributed by atoms with E-state index in [2.05, 4.69) is 5.32 Å². The zero-order chi connectivity index (χ0) is 23.5. The number of carboxylic acid groups (broad SMARTS) is 1. The molecule has 2 N–H and O–H groups in total. The molecule has 0 aliphatic rings. The summed E-state index contributed by atoms with van der Waals surface area (Å²) < 4.78 is 2.39. The van der Waals surface area contributed by atoms with Crippen LogP contribution in [0.4, 0.5) is 0 Å². The second kappa shape index (κ2) is 8.96. The van der Waals surface area contributed by atoms with Gasteiger partial charge in [0.25, 0.3) is 11.5 Å². The van der Waals surface area contributed by atoms with Crippen LogP contribution in [0.15, 0.2) is 88.6 Å². The fourth-order valence-electron chi connectivity index (χ4n) is 3.77. The first-order chi connectivity index (χ1) is 15.9. The van der Waals surface area contributed by atoms with Crippen molar-refractivity contribution in [1.29, 1.82) is 0 Å². The molecule has 0 unspecified atom stereocenters. The van der Waals surface area contributed by atoms with Crippen molar-refractivity contribution >= 4 is 22.6 Å². The third kappa shape index (κ3) is 4.31. The van der Waals surface area contributed by atoms with E-state index in [0.717, 1.165) is 4.57 Å². The first-order valence-corrected chi connectivity index (χ1v) is 10.2. The predicted molar refractivity (Wildman–Crippen MR) is 124 cm³/mol. The topological polar surface area (TPSA) is 110 Å². The summed E-state index contributed by atoms with van der Waals surface area (Å²) in [6.45, 7) is 0. The molecule has 0 bridgehead atoms. The fraction of sp³-hybridized carbons (Fsp3) is 0.120. The van der Waals surface area contributed by atoms with Gasteiger partial charge in [0.1, 0.15) is 6.04 Å². The van der Waals surface area contributed by atoms with Gasteiger partial charge in [-0.1, -0.05) is 48.5 Å². The summed E-state index contributed by atoms with van der Waals surface area (Å²) in [5.41, 5.74) is 0.480. The molecule has 0 aliphatic heterocycles. The number of aryl methyl sites for hydroxylation is 1. The molecular formula is C25H21N3O5. The molecule has 3 aromatic carbocycles. The van der Waals surface area contributed by atoms with E-state index < -0.39 is 29.2 Å². The number of benzene rings is 3. The normalized spacial score (nSPS) is 11.8. The average molecular weight is 443 g/mol. The quantitative estimate of drug-likeness (QED) is 0.474. The molecule has 8 nitrogen and oxygen atoms in total. The molecule has 1 heterocycles.